The van der Waals surface area contributed by atoms with Crippen LogP contribution >= 0.6 is 0 Å². The quantitative estimate of drug-likeness (QED) is 0.0132. The van der Waals surface area contributed by atoms with Crippen LogP contribution in [0.4, 0.5) is 0 Å². The molecule has 91 heavy (non-hydrogen) atoms. The van der Waals surface area contributed by atoms with Crippen LogP contribution in [0.15, 0.2) is 103 Å². The van der Waals surface area contributed by atoms with Crippen LogP contribution in [0.2, 0.25) is 0 Å². The molecule has 0 spiro atoms. The van der Waals surface area contributed by atoms with Crippen molar-refractivity contribution in [2.75, 3.05) is 67.0 Å². The summed E-state index contributed by atoms with van der Waals surface area (Å²) < 4.78 is 0. The number of amides is 7. The van der Waals surface area contributed by atoms with Crippen molar-refractivity contribution >= 4 is 65.8 Å². The highest BCUT2D eigenvalue weighted by atomic mass is 16.3. The predicted molar refractivity (Wildman–Crippen MR) is 375 cm³/mol. The Labute approximate surface area is 546 Å². The van der Waals surface area contributed by atoms with E-state index in [4.69, 9.17) is 22.0 Å². The highest BCUT2D eigenvalue weighted by molar-refractivity contribution is 5.95. The fourth-order valence-electron chi connectivity index (χ4n) is 8.93. The molecule has 0 bridgehead atoms. The summed E-state index contributed by atoms with van der Waals surface area (Å²) in [7, 11) is 5.40. The minimum absolute atomic E-state index is 0.0265. The fourth-order valence-corrected chi connectivity index (χ4v) is 8.93. The molecule has 7 amide bonds. The number of benzene rings is 3. The zero-order valence-corrected chi connectivity index (χ0v) is 57.8. The molecule has 23 nitrogen and oxygen atoms in total. The van der Waals surface area contributed by atoms with Crippen LogP contribution < -0.4 is 65.9 Å². The number of hydrogen-bond donors (Lipinski definition) is 13. The molecule has 0 saturated carbocycles. The van der Waals surface area contributed by atoms with E-state index in [1.165, 1.54) is 52.6 Å². The number of carbonyl (C=O) groups is 8. The van der Waals surface area contributed by atoms with E-state index < -0.39 is 42.0 Å². The van der Waals surface area contributed by atoms with E-state index in [9.17, 15) is 38.7 Å². The zero-order valence-electron chi connectivity index (χ0n) is 57.8. The maximum Gasteiger partial charge on any atom is 0.245 e. The largest absolute Gasteiger partial charge is 0.402 e. The molecule has 1 saturated heterocycles. The van der Waals surface area contributed by atoms with Gasteiger partial charge < -0.3 is 80.7 Å². The number of aldehydes is 1. The number of nitrogens with one attached hydrogen (secondary N) is 7. The number of nitrogens with zero attached hydrogens (tertiary/aromatic N) is 2. The second-order valence-corrected chi connectivity index (χ2v) is 21.0. The fraction of sp³-hybridized carbons (Fsp3) is 0.574. The van der Waals surface area contributed by atoms with Crippen molar-refractivity contribution in [1.29, 1.82) is 0 Å². The van der Waals surface area contributed by atoms with Gasteiger partial charge in [-0.3, -0.25) is 38.6 Å². The molecule has 1 fully saturated rings. The third-order valence-corrected chi connectivity index (χ3v) is 13.8. The van der Waals surface area contributed by atoms with Crippen LogP contribution in [0.1, 0.15) is 138 Å². The monoisotopic (exact) mass is 1280 g/mol. The average molecular weight is 1280 g/mol. The minimum Gasteiger partial charge on any atom is -0.402 e. The van der Waals surface area contributed by atoms with Crippen LogP contribution in [0.5, 0.6) is 0 Å². The predicted octanol–water partition coefficient (Wildman–Crippen LogP) is 5.04. The Morgan fingerprint density at radius 3 is 1.91 bits per heavy atom. The van der Waals surface area contributed by atoms with Gasteiger partial charge in [0, 0.05) is 49.8 Å². The van der Waals surface area contributed by atoms with Gasteiger partial charge in [-0.25, -0.2) is 0 Å². The number of primary amides is 1. The van der Waals surface area contributed by atoms with Crippen LogP contribution in [0.3, 0.4) is 0 Å². The number of aliphatic hydroxyl groups is 1. The van der Waals surface area contributed by atoms with Gasteiger partial charge in [-0.05, 0) is 129 Å². The SMILES string of the molecule is C=C(N)[C@H](C(C)CC)C(Cc1ccc2ccccc2c1)NC(=O)C(CO)NC(=O)C(C)(C)NC(=O)CNC(=O)C(CCCNC=O)C1CCCN1C.C=CC(CCCN=CN)NC.CC.CC.CC(=O)NCC=O.CCCCN.CN.Cc1ccccc1.NC=O. The lowest BCUT2D eigenvalue weighted by molar-refractivity contribution is -0.136. The molecular formula is C68H122N14O9. The number of aryl methyl sites for hydroxylation is 1. The molecule has 18 N–H and O–H groups in total. The number of hydrogen-bond acceptors (Lipinski definition) is 15. The van der Waals surface area contributed by atoms with Crippen molar-refractivity contribution in [2.45, 2.75) is 170 Å². The summed E-state index contributed by atoms with van der Waals surface area (Å²) in [6, 6.07) is 23.0. The number of nitrogens with two attached hydrogens (primary N) is 5. The number of carbonyl (C=O) groups excluding carboxylic acids is 8. The van der Waals surface area contributed by atoms with Crippen LogP contribution in [-0.2, 0) is 44.8 Å². The normalized spacial score (nSPS) is 13.7. The van der Waals surface area contributed by atoms with Crippen LogP contribution in [0, 0.1) is 24.7 Å². The lowest BCUT2D eigenvalue weighted by Crippen LogP contribution is -2.61. The maximum absolute atomic E-state index is 13.7. The zero-order chi connectivity index (χ0) is 70.6. The Balaban J connectivity index is -0.000000507. The second-order valence-electron chi connectivity index (χ2n) is 21.0. The Bertz CT molecular complexity index is 2410. The first kappa shape index (κ1) is 92.2. The molecule has 1 aliphatic rings. The van der Waals surface area contributed by atoms with E-state index in [1.807, 2.05) is 116 Å². The van der Waals surface area contributed by atoms with Gasteiger partial charge in [0.2, 0.25) is 42.4 Å². The maximum atomic E-state index is 13.7. The molecule has 6 unspecified atom stereocenters. The second kappa shape index (κ2) is 61.3. The van der Waals surface area contributed by atoms with Crippen molar-refractivity contribution in [3.05, 3.63) is 109 Å². The lowest BCUT2D eigenvalue weighted by atomic mass is 9.80. The molecule has 0 aliphatic carbocycles. The van der Waals surface area contributed by atoms with Crippen molar-refractivity contribution in [2.24, 2.45) is 51.4 Å². The van der Waals surface area contributed by atoms with E-state index in [0.717, 1.165) is 68.1 Å². The van der Waals surface area contributed by atoms with Gasteiger partial charge in [0.05, 0.1) is 32.0 Å². The summed E-state index contributed by atoms with van der Waals surface area (Å²) in [6.07, 6.45) is 13.5. The average Bonchev–Trinajstić information content (AvgIpc) is 1.63. The third kappa shape index (κ3) is 45.4. The van der Waals surface area contributed by atoms with E-state index in [2.05, 4.69) is 104 Å². The van der Waals surface area contributed by atoms with Crippen LogP contribution in [0.25, 0.3) is 10.8 Å². The van der Waals surface area contributed by atoms with E-state index >= 15 is 0 Å². The summed E-state index contributed by atoms with van der Waals surface area (Å²) in [5.41, 5.74) is 26.4. The first-order chi connectivity index (χ1) is 43.6. The number of likely N-dealkylation sites (N-methyl/N-ethyl adjacent to an activating group) is 1. The summed E-state index contributed by atoms with van der Waals surface area (Å²) in [4.78, 5) is 98.0. The number of likely N-dealkylation sites (tertiary alicyclic amines) is 1. The molecule has 0 aromatic heterocycles. The Morgan fingerprint density at radius 2 is 1.47 bits per heavy atom. The smallest absolute Gasteiger partial charge is 0.245 e. The van der Waals surface area contributed by atoms with Crippen molar-refractivity contribution < 1.29 is 43.5 Å². The number of aliphatic imine (C=N–C) groups is 1. The standard InChI is InChI=1S/C39H59N7O6.C8H17N3.C7H8.C4H7NO2.C4H11N.2C2H6.CH3NO.CH5N/c1-7-25(2)35(26(3)40)31(21-27-16-17-28-12-8-9-13-29(28)20-27)43-37(51)32(23-47)44-38(52)39(4,5)45-34(49)22-42-36(50)30(14-10-18-41-24-48)33-15-11-19-46(33)6;1-3-8(10-2)5-4-6-11-7-9;1-7-5-3-2-4-6-7;1-4(7)5-2-3-6;1-2-3-4-5;2*1-2;2-1-3;1-2/h8-9,12-13,16-17,20,24-25,30-33,35,47H,3,7,10-11,14-15,18-19,21-23,40H2,1-2,4-6H3,(H,41,48)(H,42,50)(H,43,51)(H,44,52)(H,45,49);3,7-8,10H,1,4-6H2,2H3,(H2,9,11);2-6H,1H3;3H,2H2,1H3,(H,5,7);2-5H2,1H3;2*1-2H3;1H,(H2,2,3);2H2,1H3/t25?,30?,31?,32?,33?,35-;;;;;;;;/m0......../s1. The van der Waals surface area contributed by atoms with Gasteiger partial charge in [0.1, 0.15) is 17.9 Å². The Morgan fingerprint density at radius 1 is 0.868 bits per heavy atom. The summed E-state index contributed by atoms with van der Waals surface area (Å²) in [5.74, 6) is -2.90. The molecule has 23 heteroatoms. The molecule has 518 valence electrons. The first-order valence-electron chi connectivity index (χ1n) is 31.8. The number of rotatable bonds is 31. The van der Waals surface area contributed by atoms with Crippen molar-refractivity contribution in [3.8, 4) is 0 Å². The summed E-state index contributed by atoms with van der Waals surface area (Å²) in [5, 5.41) is 31.4. The Hall–Kier alpha value is -7.57. The van der Waals surface area contributed by atoms with Crippen molar-refractivity contribution in [3.63, 3.8) is 0 Å². The molecule has 1 heterocycles. The van der Waals surface area contributed by atoms with Gasteiger partial charge in [-0.1, -0.05) is 152 Å². The Kier molecular flexibility index (Phi) is 62.1. The molecular weight excluding hydrogens is 1160 g/mol. The van der Waals surface area contributed by atoms with Gasteiger partial charge in [0.25, 0.3) is 0 Å². The molecule has 0 radical (unpaired) electrons. The van der Waals surface area contributed by atoms with E-state index in [1.54, 1.807) is 0 Å². The molecule has 4 rings (SSSR count). The van der Waals surface area contributed by atoms with Crippen molar-refractivity contribution in [1.82, 2.24) is 42.1 Å². The third-order valence-electron chi connectivity index (χ3n) is 13.8. The van der Waals surface area contributed by atoms with E-state index in [-0.39, 0.29) is 55.1 Å². The summed E-state index contributed by atoms with van der Waals surface area (Å²) >= 11 is 0. The van der Waals surface area contributed by atoms with Gasteiger partial charge in [-0.15, -0.1) is 6.58 Å². The van der Waals surface area contributed by atoms with Gasteiger partial charge >= 0.3 is 0 Å². The number of fused-ring (bicyclic) bond motifs is 1. The highest BCUT2D eigenvalue weighted by Gasteiger charge is 2.37. The first-order valence-corrected chi connectivity index (χ1v) is 31.8. The topological polar surface area (TPSA) is 387 Å². The highest BCUT2D eigenvalue weighted by Crippen LogP contribution is 2.28. The van der Waals surface area contributed by atoms with Gasteiger partial charge in [-0.2, -0.15) is 0 Å². The van der Waals surface area contributed by atoms with E-state index in [0.29, 0.717) is 50.2 Å². The molecule has 1 aliphatic heterocycles. The molecule has 7 atom stereocenters. The minimum atomic E-state index is -1.49. The molecule has 3 aromatic carbocycles. The number of unbranched alkanes of at least 4 members (excludes halogenated alkanes) is 1. The van der Waals surface area contributed by atoms with Crippen LogP contribution in [-0.4, -0.2) is 162 Å². The summed E-state index contributed by atoms with van der Waals surface area (Å²) in [6.45, 7) is 30.4. The number of aliphatic hydroxyl groups excluding tert-OH is 1. The van der Waals surface area contributed by atoms with Gasteiger partial charge in [0.15, 0.2) is 0 Å². The molecule has 3 aromatic rings. The lowest BCUT2D eigenvalue weighted by Gasteiger charge is -2.34.